The number of hydrogen-bond acceptors (Lipinski definition) is 3. The average Bonchev–Trinajstić information content (AvgIpc) is 2.38. The van der Waals surface area contributed by atoms with Gasteiger partial charge in [-0.25, -0.2) is 0 Å². The van der Waals surface area contributed by atoms with E-state index in [0.717, 1.165) is 13.0 Å². The van der Waals surface area contributed by atoms with Gasteiger partial charge in [0, 0.05) is 12.5 Å². The molecule has 0 bridgehead atoms. The van der Waals surface area contributed by atoms with Crippen molar-refractivity contribution in [2.45, 2.75) is 18.9 Å². The van der Waals surface area contributed by atoms with E-state index < -0.39 is 0 Å². The molecule has 3 heteroatoms. The Morgan fingerprint density at radius 1 is 1.70 bits per heavy atom. The van der Waals surface area contributed by atoms with Crippen LogP contribution in [0.2, 0.25) is 0 Å². The minimum absolute atomic E-state index is 0.243. The molecule has 1 aliphatic rings. The van der Waals surface area contributed by atoms with Gasteiger partial charge in [0.2, 0.25) is 0 Å². The van der Waals surface area contributed by atoms with Crippen molar-refractivity contribution in [2.24, 2.45) is 11.7 Å². The van der Waals surface area contributed by atoms with Crippen LogP contribution in [0.15, 0.2) is 0 Å². The molecule has 0 aromatic carbocycles. The highest BCUT2D eigenvalue weighted by Crippen LogP contribution is 2.17. The molecule has 0 aromatic rings. The smallest absolute Gasteiger partial charge is 0.0603 e. The van der Waals surface area contributed by atoms with E-state index in [2.05, 4.69) is 0 Å². The van der Waals surface area contributed by atoms with Gasteiger partial charge < -0.3 is 15.6 Å². The molecule has 60 valence electrons. The fourth-order valence-electron chi connectivity index (χ4n) is 1.26. The maximum atomic E-state index is 9.39. The quantitative estimate of drug-likeness (QED) is 0.575. The number of hydrogen-bond donors (Lipinski definition) is 2. The summed E-state index contributed by atoms with van der Waals surface area (Å²) in [6, 6.07) is 0. The van der Waals surface area contributed by atoms with Crippen LogP contribution >= 0.6 is 0 Å². The molecule has 1 heterocycles. The van der Waals surface area contributed by atoms with Gasteiger partial charge in [0.1, 0.15) is 0 Å². The summed E-state index contributed by atoms with van der Waals surface area (Å²) in [5.41, 5.74) is 5.30. The molecule has 0 radical (unpaired) electrons. The molecule has 1 rings (SSSR count). The lowest BCUT2D eigenvalue weighted by atomic mass is 9.99. The largest absolute Gasteiger partial charge is 0.393 e. The van der Waals surface area contributed by atoms with Crippen LogP contribution in [0, 0.1) is 5.92 Å². The van der Waals surface area contributed by atoms with Crippen molar-refractivity contribution >= 4 is 0 Å². The molecule has 1 aliphatic heterocycles. The summed E-state index contributed by atoms with van der Waals surface area (Å²) < 4.78 is 5.12. The summed E-state index contributed by atoms with van der Waals surface area (Å²) in [5.74, 6) is 0.337. The van der Waals surface area contributed by atoms with Crippen LogP contribution in [0.1, 0.15) is 12.8 Å². The van der Waals surface area contributed by atoms with Gasteiger partial charge in [0.15, 0.2) is 0 Å². The Balaban J connectivity index is 2.18. The molecule has 0 aromatic heterocycles. The molecule has 3 N–H and O–H groups in total. The van der Waals surface area contributed by atoms with Crippen LogP contribution in [0.5, 0.6) is 0 Å². The van der Waals surface area contributed by atoms with Gasteiger partial charge in [0.05, 0.1) is 12.7 Å². The Bertz CT molecular complexity index is 91.6. The Labute approximate surface area is 61.2 Å². The normalized spacial score (nSPS) is 28.8. The van der Waals surface area contributed by atoms with Gasteiger partial charge >= 0.3 is 0 Å². The minimum Gasteiger partial charge on any atom is -0.393 e. The summed E-state index contributed by atoms with van der Waals surface area (Å²) >= 11 is 0. The lowest BCUT2D eigenvalue weighted by Crippen LogP contribution is -2.23. The van der Waals surface area contributed by atoms with E-state index in [-0.39, 0.29) is 6.10 Å². The van der Waals surface area contributed by atoms with Crippen LogP contribution in [0.25, 0.3) is 0 Å². The Kier molecular flexibility index (Phi) is 3.12. The highest BCUT2D eigenvalue weighted by Gasteiger charge is 2.22. The summed E-state index contributed by atoms with van der Waals surface area (Å²) in [6.45, 7) is 2.07. The molecular weight excluding hydrogens is 130 g/mol. The van der Waals surface area contributed by atoms with Crippen LogP contribution < -0.4 is 5.73 Å². The maximum Gasteiger partial charge on any atom is 0.0603 e. The van der Waals surface area contributed by atoms with Gasteiger partial charge in [0.25, 0.3) is 0 Å². The Morgan fingerprint density at radius 2 is 2.50 bits per heavy atom. The first-order valence-electron chi connectivity index (χ1n) is 3.80. The SMILES string of the molecule is NCCC(O)C1CCOC1. The molecule has 0 spiro atoms. The first kappa shape index (κ1) is 7.98. The number of aliphatic hydroxyl groups is 1. The molecule has 2 atom stereocenters. The Hall–Kier alpha value is -0.120. The monoisotopic (exact) mass is 145 g/mol. The zero-order valence-electron chi connectivity index (χ0n) is 6.12. The van der Waals surface area contributed by atoms with Gasteiger partial charge in [-0.05, 0) is 19.4 Å². The molecule has 1 fully saturated rings. The van der Waals surface area contributed by atoms with Gasteiger partial charge in [-0.1, -0.05) is 0 Å². The predicted molar refractivity (Wildman–Crippen MR) is 38.6 cm³/mol. The number of nitrogens with two attached hydrogens (primary N) is 1. The van der Waals surface area contributed by atoms with E-state index in [1.807, 2.05) is 0 Å². The lowest BCUT2D eigenvalue weighted by Gasteiger charge is -2.14. The van der Waals surface area contributed by atoms with Gasteiger partial charge in [-0.2, -0.15) is 0 Å². The highest BCUT2D eigenvalue weighted by atomic mass is 16.5. The van der Waals surface area contributed by atoms with Crippen molar-refractivity contribution in [3.8, 4) is 0 Å². The third-order valence-corrected chi connectivity index (χ3v) is 1.97. The molecular formula is C7H15NO2. The van der Waals surface area contributed by atoms with E-state index >= 15 is 0 Å². The molecule has 2 unspecified atom stereocenters. The first-order chi connectivity index (χ1) is 4.84. The summed E-state index contributed by atoms with van der Waals surface area (Å²) in [4.78, 5) is 0. The Morgan fingerprint density at radius 3 is 3.00 bits per heavy atom. The second-order valence-corrected chi connectivity index (χ2v) is 2.77. The maximum absolute atomic E-state index is 9.39. The molecule has 1 saturated heterocycles. The van der Waals surface area contributed by atoms with Gasteiger partial charge in [-0.3, -0.25) is 0 Å². The first-order valence-corrected chi connectivity index (χ1v) is 3.80. The van der Waals surface area contributed by atoms with Crippen LogP contribution in [0.4, 0.5) is 0 Å². The number of rotatable bonds is 3. The van der Waals surface area contributed by atoms with Crippen molar-refractivity contribution in [3.05, 3.63) is 0 Å². The second-order valence-electron chi connectivity index (χ2n) is 2.77. The molecule has 0 amide bonds. The van der Waals surface area contributed by atoms with Crippen molar-refractivity contribution in [3.63, 3.8) is 0 Å². The standard InChI is InChI=1S/C7H15NO2/c8-3-1-7(9)6-2-4-10-5-6/h6-7,9H,1-5,8H2. The predicted octanol–water partition coefficient (Wildman–Crippen LogP) is -0.267. The van der Waals surface area contributed by atoms with Crippen molar-refractivity contribution in [2.75, 3.05) is 19.8 Å². The van der Waals surface area contributed by atoms with Crippen LogP contribution in [0.3, 0.4) is 0 Å². The van der Waals surface area contributed by atoms with Crippen LogP contribution in [-0.2, 0) is 4.74 Å². The summed E-state index contributed by atoms with van der Waals surface area (Å²) in [5, 5.41) is 9.39. The number of ether oxygens (including phenoxy) is 1. The molecule has 0 aliphatic carbocycles. The number of aliphatic hydroxyl groups excluding tert-OH is 1. The summed E-state index contributed by atoms with van der Waals surface area (Å²) in [6.07, 6.45) is 1.45. The molecule has 10 heavy (non-hydrogen) atoms. The fraction of sp³-hybridized carbons (Fsp3) is 1.00. The topological polar surface area (TPSA) is 55.5 Å². The third kappa shape index (κ3) is 1.94. The lowest BCUT2D eigenvalue weighted by molar-refractivity contribution is 0.0867. The zero-order valence-corrected chi connectivity index (χ0v) is 6.12. The fourth-order valence-corrected chi connectivity index (χ4v) is 1.26. The van der Waals surface area contributed by atoms with E-state index in [1.54, 1.807) is 0 Å². The molecule has 3 nitrogen and oxygen atoms in total. The van der Waals surface area contributed by atoms with Crippen molar-refractivity contribution in [1.82, 2.24) is 0 Å². The minimum atomic E-state index is -0.243. The van der Waals surface area contributed by atoms with E-state index in [0.29, 0.717) is 25.5 Å². The van der Waals surface area contributed by atoms with E-state index in [4.69, 9.17) is 10.5 Å². The van der Waals surface area contributed by atoms with Gasteiger partial charge in [-0.15, -0.1) is 0 Å². The zero-order chi connectivity index (χ0) is 7.40. The van der Waals surface area contributed by atoms with E-state index in [1.165, 1.54) is 0 Å². The molecule has 0 saturated carbocycles. The van der Waals surface area contributed by atoms with Crippen molar-refractivity contribution in [1.29, 1.82) is 0 Å². The average molecular weight is 145 g/mol. The summed E-state index contributed by atoms with van der Waals surface area (Å²) in [7, 11) is 0. The second kappa shape index (κ2) is 3.91. The van der Waals surface area contributed by atoms with E-state index in [9.17, 15) is 5.11 Å². The van der Waals surface area contributed by atoms with Crippen LogP contribution in [-0.4, -0.2) is 31.0 Å². The third-order valence-electron chi connectivity index (χ3n) is 1.97. The highest BCUT2D eigenvalue weighted by molar-refractivity contribution is 4.72. The van der Waals surface area contributed by atoms with Crippen molar-refractivity contribution < 1.29 is 9.84 Å².